The van der Waals surface area contributed by atoms with Crippen molar-refractivity contribution < 1.29 is 45.4 Å². The van der Waals surface area contributed by atoms with Crippen LogP contribution < -0.4 is 5.73 Å². The van der Waals surface area contributed by atoms with Gasteiger partial charge in [-0.05, 0) is 30.5 Å². The summed E-state index contributed by atoms with van der Waals surface area (Å²) in [5.41, 5.74) is -0.738. The van der Waals surface area contributed by atoms with E-state index in [0.29, 0.717) is 15.6 Å². The van der Waals surface area contributed by atoms with Gasteiger partial charge in [0.25, 0.3) is 5.91 Å². The second kappa shape index (κ2) is 9.05. The van der Waals surface area contributed by atoms with E-state index >= 15 is 0 Å². The SMILES string of the molecule is CC(=O)N(C(=O)c1cc(-c2cnn(-c3c(O)c(C(N)(F)C(F)(F)F)nn3C)c2)ccc1C(F)(F)F)C1(C#N)CC1. The number of carbonyl (C=O) groups excluding carboxylic acids is 2. The molecule has 17 heteroatoms. The van der Waals surface area contributed by atoms with Crippen LogP contribution in [0.2, 0.25) is 0 Å². The number of amides is 2. The summed E-state index contributed by atoms with van der Waals surface area (Å²) in [6.07, 6.45) is -8.37. The average Bonchev–Trinajstić information content (AvgIpc) is 3.35. The van der Waals surface area contributed by atoms with Crippen LogP contribution in [0.1, 0.15) is 41.4 Å². The number of nitrogens with zero attached hydrogens (tertiary/aromatic N) is 6. The van der Waals surface area contributed by atoms with Crippen LogP contribution in [0.25, 0.3) is 16.9 Å². The van der Waals surface area contributed by atoms with E-state index in [4.69, 9.17) is 5.73 Å². The highest BCUT2D eigenvalue weighted by Crippen LogP contribution is 2.44. The summed E-state index contributed by atoms with van der Waals surface area (Å²) < 4.78 is 96.3. The molecule has 0 bridgehead atoms. The largest absolute Gasteiger partial charge is 0.503 e. The van der Waals surface area contributed by atoms with Crippen LogP contribution in [-0.4, -0.2) is 53.1 Å². The van der Waals surface area contributed by atoms with E-state index in [1.807, 2.05) is 0 Å². The Morgan fingerprint density at radius 3 is 2.27 bits per heavy atom. The molecular weight excluding hydrogens is 555 g/mol. The Hall–Kier alpha value is -4.46. The van der Waals surface area contributed by atoms with Crippen LogP contribution in [0.15, 0.2) is 30.6 Å². The molecule has 1 fully saturated rings. The van der Waals surface area contributed by atoms with Crippen molar-refractivity contribution in [1.29, 1.82) is 5.26 Å². The van der Waals surface area contributed by atoms with Crippen molar-refractivity contribution in [2.75, 3.05) is 0 Å². The van der Waals surface area contributed by atoms with Crippen molar-refractivity contribution in [3.05, 3.63) is 47.4 Å². The molecule has 1 aliphatic carbocycles. The molecule has 0 radical (unpaired) electrons. The lowest BCUT2D eigenvalue weighted by Crippen LogP contribution is -2.46. The Labute approximate surface area is 220 Å². The van der Waals surface area contributed by atoms with Crippen molar-refractivity contribution in [3.63, 3.8) is 0 Å². The van der Waals surface area contributed by atoms with Crippen molar-refractivity contribution >= 4 is 11.8 Å². The van der Waals surface area contributed by atoms with Crippen molar-refractivity contribution in [3.8, 4) is 28.8 Å². The first kappa shape index (κ1) is 28.5. The van der Waals surface area contributed by atoms with Gasteiger partial charge in [0.2, 0.25) is 5.91 Å². The number of hydrogen-bond acceptors (Lipinski definition) is 7. The van der Waals surface area contributed by atoms with Crippen LogP contribution in [-0.2, 0) is 23.8 Å². The fourth-order valence-corrected chi connectivity index (χ4v) is 4.14. The van der Waals surface area contributed by atoms with Crippen LogP contribution in [0.5, 0.6) is 5.75 Å². The molecule has 10 nitrogen and oxygen atoms in total. The van der Waals surface area contributed by atoms with E-state index < -0.39 is 63.9 Å². The molecule has 2 aromatic heterocycles. The maximum Gasteiger partial charge on any atom is 0.442 e. The first-order valence-corrected chi connectivity index (χ1v) is 11.2. The zero-order valence-corrected chi connectivity index (χ0v) is 20.5. The molecule has 1 saturated carbocycles. The zero-order chi connectivity index (χ0) is 30.0. The van der Waals surface area contributed by atoms with Gasteiger partial charge in [0.15, 0.2) is 17.3 Å². The number of hydrogen-bond donors (Lipinski definition) is 2. The van der Waals surface area contributed by atoms with E-state index in [2.05, 4.69) is 10.2 Å². The van der Waals surface area contributed by atoms with Gasteiger partial charge >= 0.3 is 18.1 Å². The number of carbonyl (C=O) groups is 2. The molecule has 3 aromatic rings. The molecule has 0 aliphatic heterocycles. The third-order valence-corrected chi connectivity index (χ3v) is 6.32. The molecule has 1 unspecified atom stereocenters. The van der Waals surface area contributed by atoms with Gasteiger partial charge in [-0.1, -0.05) is 6.07 Å². The summed E-state index contributed by atoms with van der Waals surface area (Å²) in [4.78, 5) is 25.9. The Balaban J connectivity index is 1.80. The molecule has 3 N–H and O–H groups in total. The maximum absolute atomic E-state index is 14.3. The number of rotatable bonds is 5. The summed E-state index contributed by atoms with van der Waals surface area (Å²) in [7, 11) is 1.06. The molecule has 2 heterocycles. The fraction of sp³-hybridized carbons (Fsp3) is 0.348. The topological polar surface area (TPSA) is 143 Å². The first-order chi connectivity index (χ1) is 18.4. The molecular formula is C23H18F7N7O3. The van der Waals surface area contributed by atoms with Gasteiger partial charge < -0.3 is 5.11 Å². The number of aryl methyl sites for hydroxylation is 1. The van der Waals surface area contributed by atoms with Gasteiger partial charge in [-0.15, -0.1) is 0 Å². The third-order valence-electron chi connectivity index (χ3n) is 6.32. The molecule has 1 atom stereocenters. The standard InChI is InChI=1S/C23H18F7N7O3/c1-11(38)37(20(10-31)5-6-20)19(40)14-7-12(3-4-15(14)22(25,26)27)13-8-33-36(9-13)18-16(39)17(34-35(18)2)21(24,32)23(28,29)30/h3-4,7-9,39H,5-6,32H2,1-2H3. The van der Waals surface area contributed by atoms with E-state index in [0.717, 1.165) is 43.2 Å². The number of aromatic nitrogens is 4. The Kier molecular flexibility index (Phi) is 6.46. The van der Waals surface area contributed by atoms with Gasteiger partial charge in [0, 0.05) is 25.7 Å². The van der Waals surface area contributed by atoms with Crippen molar-refractivity contribution in [2.24, 2.45) is 12.8 Å². The van der Waals surface area contributed by atoms with Crippen molar-refractivity contribution in [2.45, 2.75) is 43.4 Å². The fourth-order valence-electron chi connectivity index (χ4n) is 4.14. The smallest absolute Gasteiger partial charge is 0.442 e. The minimum Gasteiger partial charge on any atom is -0.503 e. The Bertz CT molecular complexity index is 1560. The van der Waals surface area contributed by atoms with Crippen LogP contribution in [0, 0.1) is 11.3 Å². The van der Waals surface area contributed by atoms with Gasteiger partial charge in [-0.2, -0.15) is 41.8 Å². The number of benzene rings is 1. The summed E-state index contributed by atoms with van der Waals surface area (Å²) in [6, 6.07) is 4.17. The Morgan fingerprint density at radius 1 is 1.15 bits per heavy atom. The molecule has 1 aromatic carbocycles. The molecule has 1 aliphatic rings. The van der Waals surface area contributed by atoms with Gasteiger partial charge in [-0.25, -0.2) is 13.8 Å². The van der Waals surface area contributed by atoms with Crippen molar-refractivity contribution in [1.82, 2.24) is 24.5 Å². The maximum atomic E-state index is 14.3. The van der Waals surface area contributed by atoms with E-state index in [1.54, 1.807) is 6.07 Å². The molecule has 0 spiro atoms. The van der Waals surface area contributed by atoms with E-state index in [9.17, 15) is 50.7 Å². The number of alkyl halides is 7. The summed E-state index contributed by atoms with van der Waals surface area (Å²) >= 11 is 0. The van der Waals surface area contributed by atoms with E-state index in [-0.39, 0.29) is 24.0 Å². The summed E-state index contributed by atoms with van der Waals surface area (Å²) in [5, 5.41) is 26.9. The first-order valence-electron chi connectivity index (χ1n) is 11.2. The van der Waals surface area contributed by atoms with Crippen LogP contribution in [0.3, 0.4) is 0 Å². The predicted octanol–water partition coefficient (Wildman–Crippen LogP) is 3.69. The highest BCUT2D eigenvalue weighted by molar-refractivity contribution is 6.07. The predicted molar refractivity (Wildman–Crippen MR) is 120 cm³/mol. The lowest BCUT2D eigenvalue weighted by atomic mass is 9.98. The third kappa shape index (κ3) is 4.53. The van der Waals surface area contributed by atoms with Crippen LogP contribution >= 0.6 is 0 Å². The summed E-state index contributed by atoms with van der Waals surface area (Å²) in [6.45, 7) is 0.942. The lowest BCUT2D eigenvalue weighted by molar-refractivity contribution is -0.235. The average molecular weight is 573 g/mol. The highest BCUT2D eigenvalue weighted by Gasteiger charge is 2.58. The number of nitriles is 1. The number of halogens is 7. The molecule has 0 saturated heterocycles. The van der Waals surface area contributed by atoms with Gasteiger partial charge in [-0.3, -0.25) is 20.2 Å². The van der Waals surface area contributed by atoms with E-state index in [1.165, 1.54) is 0 Å². The zero-order valence-electron chi connectivity index (χ0n) is 20.5. The minimum atomic E-state index is -5.63. The van der Waals surface area contributed by atoms with Gasteiger partial charge in [0.05, 0.1) is 23.4 Å². The number of nitrogens with two attached hydrogens (primary N) is 1. The Morgan fingerprint density at radius 2 is 1.77 bits per heavy atom. The highest BCUT2D eigenvalue weighted by atomic mass is 19.4. The van der Waals surface area contributed by atoms with Crippen LogP contribution in [0.4, 0.5) is 30.7 Å². The molecule has 2 amide bonds. The van der Waals surface area contributed by atoms with Gasteiger partial charge in [0.1, 0.15) is 5.54 Å². The second-order valence-electron chi connectivity index (χ2n) is 9.09. The lowest BCUT2D eigenvalue weighted by Gasteiger charge is -2.25. The second-order valence-corrected chi connectivity index (χ2v) is 9.09. The number of aromatic hydroxyl groups is 1. The quantitative estimate of drug-likeness (QED) is 0.350. The molecule has 40 heavy (non-hydrogen) atoms. The summed E-state index contributed by atoms with van der Waals surface area (Å²) in [5.74, 6) is -8.66. The minimum absolute atomic E-state index is 0.01000. The number of imide groups is 1. The monoisotopic (exact) mass is 573 g/mol. The molecule has 212 valence electrons. The normalized spacial score (nSPS) is 16.2. The molecule has 4 rings (SSSR count).